The Balaban J connectivity index is 1.59. The second kappa shape index (κ2) is 9.33. The maximum Gasteiger partial charge on any atom is 0.508 e. The van der Waals surface area contributed by atoms with Crippen LogP contribution >= 0.6 is 11.6 Å². The average Bonchev–Trinajstić information content (AvgIpc) is 3.31. The molecule has 1 saturated heterocycles. The van der Waals surface area contributed by atoms with Crippen LogP contribution in [0.4, 0.5) is 10.6 Å². The Labute approximate surface area is 174 Å². The first-order valence-corrected chi connectivity index (χ1v) is 10.1. The average molecular weight is 421 g/mol. The van der Waals surface area contributed by atoms with Crippen LogP contribution in [0, 0.1) is 12.3 Å². The minimum absolute atomic E-state index is 0.0566. The summed E-state index contributed by atoms with van der Waals surface area (Å²) >= 11 is 5.94. The minimum atomic E-state index is -1.02. The fourth-order valence-electron chi connectivity index (χ4n) is 3.35. The van der Waals surface area contributed by atoms with Crippen LogP contribution in [0.1, 0.15) is 51.7 Å². The summed E-state index contributed by atoms with van der Waals surface area (Å²) in [7, 11) is 0. The largest absolute Gasteiger partial charge is 0.508 e. The molecule has 2 aromatic rings. The van der Waals surface area contributed by atoms with Gasteiger partial charge in [0.2, 0.25) is 5.28 Å². The summed E-state index contributed by atoms with van der Waals surface area (Å²) in [6, 6.07) is 1.80. The third-order valence-corrected chi connectivity index (χ3v) is 5.11. The third kappa shape index (κ3) is 4.92. The zero-order valence-corrected chi connectivity index (χ0v) is 17.2. The fourth-order valence-corrected chi connectivity index (χ4v) is 3.52. The van der Waals surface area contributed by atoms with Gasteiger partial charge in [-0.05, 0) is 36.9 Å². The molecule has 8 nitrogen and oxygen atoms in total. The second-order valence-electron chi connectivity index (χ2n) is 7.04. The Morgan fingerprint density at radius 1 is 1.45 bits per heavy atom. The molecule has 2 N–H and O–H groups in total. The summed E-state index contributed by atoms with van der Waals surface area (Å²) in [6.07, 6.45) is 11.6. The van der Waals surface area contributed by atoms with Gasteiger partial charge in [-0.3, -0.25) is 0 Å². The minimum Gasteiger partial charge on any atom is -0.434 e. The fraction of sp³-hybridized carbons (Fsp3) is 0.550. The molecule has 3 rings (SSSR count). The van der Waals surface area contributed by atoms with E-state index < -0.39 is 11.8 Å². The monoisotopic (exact) mass is 420 g/mol. The molecule has 0 saturated carbocycles. The number of hydrogen-bond acceptors (Lipinski definition) is 7. The van der Waals surface area contributed by atoms with Crippen molar-refractivity contribution in [3.63, 3.8) is 0 Å². The first kappa shape index (κ1) is 21.2. The predicted octanol–water partition coefficient (Wildman–Crippen LogP) is 4.08. The van der Waals surface area contributed by atoms with Gasteiger partial charge in [-0.1, -0.05) is 32.1 Å². The lowest BCUT2D eigenvalue weighted by Crippen LogP contribution is -2.34. The number of nitrogens with zero attached hydrogens (tertiary/aromatic N) is 3. The summed E-state index contributed by atoms with van der Waals surface area (Å²) in [5.74, 6) is 2.92. The quantitative estimate of drug-likeness (QED) is 0.297. The smallest absolute Gasteiger partial charge is 0.434 e. The van der Waals surface area contributed by atoms with Crippen molar-refractivity contribution in [2.24, 2.45) is 0 Å². The van der Waals surface area contributed by atoms with Crippen molar-refractivity contribution >= 4 is 34.6 Å². The first-order valence-electron chi connectivity index (χ1n) is 9.72. The van der Waals surface area contributed by atoms with Crippen molar-refractivity contribution in [2.75, 3.05) is 18.9 Å². The standard InChI is InChI=1S/C20H25ClN4O4/c1-3-5-6-7-12-27-19(26)28-13-20(4-2)10-8-15(29-20)25-11-9-14-16(22)23-18(21)24-17(14)25/h2,9,11,15H,3,5-8,10,12-13H2,1H3,(H2,22,23,24)/t15-,20+/m1/s1. The van der Waals surface area contributed by atoms with Crippen LogP contribution in [-0.2, 0) is 14.2 Å². The molecule has 156 valence electrons. The summed E-state index contributed by atoms with van der Waals surface area (Å²) in [4.78, 5) is 20.0. The topological polar surface area (TPSA) is 101 Å². The molecule has 0 spiro atoms. The van der Waals surface area contributed by atoms with E-state index in [9.17, 15) is 4.79 Å². The van der Waals surface area contributed by atoms with Crippen LogP contribution in [0.3, 0.4) is 0 Å². The van der Waals surface area contributed by atoms with E-state index in [1.54, 1.807) is 12.3 Å². The number of terminal acetylenes is 1. The number of aromatic nitrogens is 3. The zero-order valence-electron chi connectivity index (χ0n) is 16.4. The molecule has 29 heavy (non-hydrogen) atoms. The van der Waals surface area contributed by atoms with Crippen molar-refractivity contribution < 1.29 is 19.0 Å². The highest BCUT2D eigenvalue weighted by molar-refractivity contribution is 6.28. The molecular weight excluding hydrogens is 396 g/mol. The summed E-state index contributed by atoms with van der Waals surface area (Å²) in [5.41, 5.74) is 5.44. The highest BCUT2D eigenvalue weighted by atomic mass is 35.5. The number of carbonyl (C=O) groups excluding carboxylic acids is 1. The Bertz CT molecular complexity index is 910. The van der Waals surface area contributed by atoms with Gasteiger partial charge in [0.05, 0.1) is 12.0 Å². The number of carbonyl (C=O) groups is 1. The maximum atomic E-state index is 11.8. The molecule has 2 aromatic heterocycles. The molecule has 9 heteroatoms. The number of ether oxygens (including phenoxy) is 3. The summed E-state index contributed by atoms with van der Waals surface area (Å²) in [5, 5.41) is 0.736. The number of nitrogens with two attached hydrogens (primary N) is 1. The lowest BCUT2D eigenvalue weighted by atomic mass is 10.0. The molecular formula is C20H25ClN4O4. The van der Waals surface area contributed by atoms with Gasteiger partial charge < -0.3 is 24.5 Å². The van der Waals surface area contributed by atoms with Gasteiger partial charge in [-0.2, -0.15) is 4.98 Å². The van der Waals surface area contributed by atoms with Crippen molar-refractivity contribution in [3.8, 4) is 12.3 Å². The van der Waals surface area contributed by atoms with Crippen LogP contribution in [0.15, 0.2) is 12.3 Å². The van der Waals surface area contributed by atoms with Crippen molar-refractivity contribution in [2.45, 2.75) is 57.3 Å². The molecule has 1 fully saturated rings. The number of fused-ring (bicyclic) bond motifs is 1. The highest BCUT2D eigenvalue weighted by Gasteiger charge is 2.41. The van der Waals surface area contributed by atoms with Crippen LogP contribution in [0.5, 0.6) is 0 Å². The number of rotatable bonds is 8. The molecule has 0 aliphatic carbocycles. The number of hydrogen-bond donors (Lipinski definition) is 1. The summed E-state index contributed by atoms with van der Waals surface area (Å²) in [6.45, 7) is 2.38. The number of anilines is 1. The Hall–Kier alpha value is -2.50. The van der Waals surface area contributed by atoms with Gasteiger partial charge in [0, 0.05) is 6.20 Å². The van der Waals surface area contributed by atoms with Crippen LogP contribution in [-0.4, -0.2) is 39.5 Å². The molecule has 0 bridgehead atoms. The Kier molecular flexibility index (Phi) is 6.83. The molecule has 0 radical (unpaired) electrons. The van der Waals surface area contributed by atoms with Gasteiger partial charge in [0.1, 0.15) is 24.3 Å². The molecule has 2 atom stereocenters. The number of nitrogen functional groups attached to an aromatic ring is 1. The van der Waals surface area contributed by atoms with E-state index in [4.69, 9.17) is 38.0 Å². The Morgan fingerprint density at radius 2 is 2.28 bits per heavy atom. The van der Waals surface area contributed by atoms with Gasteiger partial charge in [0.25, 0.3) is 0 Å². The third-order valence-electron chi connectivity index (χ3n) is 4.95. The van der Waals surface area contributed by atoms with Crippen molar-refractivity contribution in [3.05, 3.63) is 17.5 Å². The van der Waals surface area contributed by atoms with Gasteiger partial charge in [-0.25, -0.2) is 9.78 Å². The van der Waals surface area contributed by atoms with E-state index in [0.29, 0.717) is 36.3 Å². The van der Waals surface area contributed by atoms with Crippen LogP contribution in [0.2, 0.25) is 5.28 Å². The van der Waals surface area contributed by atoms with Crippen molar-refractivity contribution in [1.82, 2.24) is 14.5 Å². The number of unbranched alkanes of at least 4 members (excludes halogenated alkanes) is 3. The first-order chi connectivity index (χ1) is 14.0. The zero-order chi connectivity index (χ0) is 20.9. The highest BCUT2D eigenvalue weighted by Crippen LogP contribution is 2.38. The van der Waals surface area contributed by atoms with Gasteiger partial charge in [0.15, 0.2) is 5.60 Å². The molecule has 3 heterocycles. The molecule has 0 amide bonds. The van der Waals surface area contributed by atoms with E-state index in [-0.39, 0.29) is 18.1 Å². The van der Waals surface area contributed by atoms with Crippen LogP contribution in [0.25, 0.3) is 11.0 Å². The Morgan fingerprint density at radius 3 is 3.03 bits per heavy atom. The van der Waals surface area contributed by atoms with E-state index >= 15 is 0 Å². The molecule has 0 unspecified atom stereocenters. The predicted molar refractivity (Wildman–Crippen MR) is 109 cm³/mol. The molecule has 1 aliphatic heterocycles. The van der Waals surface area contributed by atoms with Gasteiger partial charge in [-0.15, -0.1) is 6.42 Å². The van der Waals surface area contributed by atoms with Crippen LogP contribution < -0.4 is 5.73 Å². The lowest BCUT2D eigenvalue weighted by molar-refractivity contribution is -0.0730. The van der Waals surface area contributed by atoms with E-state index in [2.05, 4.69) is 22.8 Å². The second-order valence-corrected chi connectivity index (χ2v) is 7.37. The molecule has 0 aromatic carbocycles. The summed E-state index contributed by atoms with van der Waals surface area (Å²) < 4.78 is 18.2. The normalized spacial score (nSPS) is 21.2. The van der Waals surface area contributed by atoms with E-state index in [1.165, 1.54) is 0 Å². The number of halogens is 1. The molecule has 1 aliphatic rings. The van der Waals surface area contributed by atoms with Gasteiger partial charge >= 0.3 is 6.16 Å². The van der Waals surface area contributed by atoms with Crippen molar-refractivity contribution in [1.29, 1.82) is 0 Å². The maximum absolute atomic E-state index is 11.8. The van der Waals surface area contributed by atoms with E-state index in [1.807, 2.05) is 4.57 Å². The van der Waals surface area contributed by atoms with E-state index in [0.717, 1.165) is 25.7 Å². The lowest BCUT2D eigenvalue weighted by Gasteiger charge is -2.23. The SMILES string of the molecule is C#C[C@@]1(COC(=O)OCCCCCC)CC[C@H](n2ccc3c(N)nc(Cl)nc32)O1.